The summed E-state index contributed by atoms with van der Waals surface area (Å²) >= 11 is 0. The molecule has 6 heteroatoms. The third-order valence-corrected chi connectivity index (χ3v) is 4.94. The molecule has 4 rings (SSSR count). The van der Waals surface area contributed by atoms with Crippen molar-refractivity contribution in [3.05, 3.63) is 0 Å². The predicted octanol–water partition coefficient (Wildman–Crippen LogP) is 1.70. The Hall–Kier alpha value is 0.0700. The van der Waals surface area contributed by atoms with Crippen LogP contribution in [0.1, 0.15) is 26.7 Å². The van der Waals surface area contributed by atoms with Gasteiger partial charge in [-0.1, -0.05) is 6.92 Å². The van der Waals surface area contributed by atoms with Crippen molar-refractivity contribution >= 4 is 7.82 Å². The zero-order chi connectivity index (χ0) is 10.0. The first-order chi connectivity index (χ1) is 6.54. The molecule has 2 bridgehead atoms. The van der Waals surface area contributed by atoms with Crippen molar-refractivity contribution in [3.8, 4) is 0 Å². The summed E-state index contributed by atoms with van der Waals surface area (Å²) in [4.78, 5) is 2.15. The highest BCUT2D eigenvalue weighted by Gasteiger charge is 2.81. The summed E-state index contributed by atoms with van der Waals surface area (Å²) in [6.07, 6.45) is 1.78. The van der Waals surface area contributed by atoms with E-state index in [-0.39, 0.29) is 0 Å². The van der Waals surface area contributed by atoms with Crippen molar-refractivity contribution < 1.29 is 18.1 Å². The molecule has 0 aromatic heterocycles. The van der Waals surface area contributed by atoms with Crippen LogP contribution in [-0.4, -0.2) is 29.5 Å². The van der Waals surface area contributed by atoms with Crippen molar-refractivity contribution in [3.63, 3.8) is 0 Å². The number of hydrogen-bond acceptors (Lipinski definition) is 5. The van der Waals surface area contributed by atoms with E-state index in [2.05, 4.69) is 11.8 Å². The number of hydrogen-bond donors (Lipinski definition) is 0. The van der Waals surface area contributed by atoms with E-state index in [1.807, 2.05) is 6.92 Å². The molecule has 4 aliphatic rings. The van der Waals surface area contributed by atoms with Crippen LogP contribution in [0, 0.1) is 0 Å². The number of rotatable bonds is 2. The molecule has 1 spiro atoms. The Balaban J connectivity index is 1.93. The molecule has 0 aromatic rings. The van der Waals surface area contributed by atoms with Crippen LogP contribution in [0.5, 0.6) is 0 Å². The summed E-state index contributed by atoms with van der Waals surface area (Å²) in [6.45, 7) is 5.81. The van der Waals surface area contributed by atoms with E-state index >= 15 is 0 Å². The van der Waals surface area contributed by atoms with Crippen LogP contribution in [0.2, 0.25) is 0 Å². The molecule has 0 amide bonds. The molecule has 14 heavy (non-hydrogen) atoms. The van der Waals surface area contributed by atoms with Crippen LogP contribution in [-0.2, 0) is 18.1 Å². The minimum Gasteiger partial charge on any atom is -0.271 e. The topological polar surface area (TPSA) is 48.0 Å². The van der Waals surface area contributed by atoms with Gasteiger partial charge in [-0.15, -0.1) is 0 Å². The lowest BCUT2D eigenvalue weighted by molar-refractivity contribution is -0.215. The Bertz CT molecular complexity index is 323. The summed E-state index contributed by atoms with van der Waals surface area (Å²) < 4.78 is 27.6. The van der Waals surface area contributed by atoms with Crippen LogP contribution >= 0.6 is 7.82 Å². The second kappa shape index (κ2) is 2.42. The molecule has 4 heterocycles. The molecule has 4 fully saturated rings. The molecular weight excluding hydrogens is 205 g/mol. The quantitative estimate of drug-likeness (QED) is 0.661. The predicted molar refractivity (Wildman–Crippen MR) is 48.5 cm³/mol. The highest BCUT2D eigenvalue weighted by molar-refractivity contribution is 7.50. The van der Waals surface area contributed by atoms with Crippen molar-refractivity contribution in [1.82, 2.24) is 4.90 Å². The van der Waals surface area contributed by atoms with Gasteiger partial charge in [-0.25, -0.2) is 13.6 Å². The zero-order valence-electron chi connectivity index (χ0n) is 8.36. The van der Waals surface area contributed by atoms with Crippen LogP contribution < -0.4 is 0 Å². The maximum absolute atomic E-state index is 11.5. The Labute approximate surface area is 82.9 Å². The van der Waals surface area contributed by atoms with Gasteiger partial charge < -0.3 is 0 Å². The van der Waals surface area contributed by atoms with Crippen molar-refractivity contribution in [2.24, 2.45) is 0 Å². The smallest absolute Gasteiger partial charge is 0.271 e. The average Bonchev–Trinajstić information content (AvgIpc) is 2.49. The van der Waals surface area contributed by atoms with Gasteiger partial charge in [0.1, 0.15) is 0 Å². The van der Waals surface area contributed by atoms with E-state index in [1.165, 1.54) is 0 Å². The molecule has 4 saturated heterocycles. The van der Waals surface area contributed by atoms with Gasteiger partial charge in [0, 0.05) is 19.5 Å². The number of likely N-dealkylation sites (tertiary alicyclic amines) is 1. The molecule has 0 aromatic carbocycles. The van der Waals surface area contributed by atoms with Crippen LogP contribution in [0.4, 0.5) is 0 Å². The first kappa shape index (κ1) is 9.31. The average molecular weight is 219 g/mol. The molecule has 0 saturated carbocycles. The lowest BCUT2D eigenvalue weighted by atomic mass is 10.1. The van der Waals surface area contributed by atoms with Gasteiger partial charge in [-0.2, -0.15) is 0 Å². The second-order valence-corrected chi connectivity index (χ2v) is 5.64. The molecule has 1 unspecified atom stereocenters. The van der Waals surface area contributed by atoms with Gasteiger partial charge in [-0.05, 0) is 13.3 Å². The standard InChI is InChI=1S/C8H14NO4P/c1-3-5-9-6-4-8-7(9,2)11-14(10,12-8)13-8/h3-6H2,1-2H3. The lowest BCUT2D eigenvalue weighted by Gasteiger charge is -2.36. The molecule has 80 valence electrons. The maximum Gasteiger partial charge on any atom is 0.482 e. The summed E-state index contributed by atoms with van der Waals surface area (Å²) in [6, 6.07) is 0. The van der Waals surface area contributed by atoms with Gasteiger partial charge in [0.25, 0.3) is 0 Å². The molecular formula is C8H14NO4P. The van der Waals surface area contributed by atoms with Gasteiger partial charge in [-0.3, -0.25) is 9.42 Å². The van der Waals surface area contributed by atoms with E-state index < -0.39 is 19.3 Å². The van der Waals surface area contributed by atoms with Gasteiger partial charge in [0.2, 0.25) is 5.79 Å². The maximum atomic E-state index is 11.5. The van der Waals surface area contributed by atoms with E-state index in [4.69, 9.17) is 13.6 Å². The minimum atomic E-state index is -3.15. The van der Waals surface area contributed by atoms with E-state index in [0.29, 0.717) is 0 Å². The minimum absolute atomic E-state index is 0.626. The third kappa shape index (κ3) is 0.836. The number of phosphoric ester groups is 1. The van der Waals surface area contributed by atoms with Crippen molar-refractivity contribution in [1.29, 1.82) is 0 Å². The first-order valence-electron chi connectivity index (χ1n) is 5.01. The molecule has 1 atom stereocenters. The molecule has 5 nitrogen and oxygen atoms in total. The normalized spacial score (nSPS) is 55.9. The van der Waals surface area contributed by atoms with Gasteiger partial charge in [0.05, 0.1) is 0 Å². The van der Waals surface area contributed by atoms with Gasteiger partial charge >= 0.3 is 7.82 Å². The van der Waals surface area contributed by atoms with E-state index in [1.54, 1.807) is 0 Å². The van der Waals surface area contributed by atoms with Crippen molar-refractivity contribution in [2.75, 3.05) is 13.1 Å². The Morgan fingerprint density at radius 2 is 2.14 bits per heavy atom. The first-order valence-corrected chi connectivity index (χ1v) is 6.47. The fourth-order valence-electron chi connectivity index (χ4n) is 2.57. The fourth-order valence-corrected chi connectivity index (χ4v) is 4.60. The van der Waals surface area contributed by atoms with Crippen LogP contribution in [0.3, 0.4) is 0 Å². The third-order valence-electron chi connectivity index (χ3n) is 3.32. The monoisotopic (exact) mass is 219 g/mol. The van der Waals surface area contributed by atoms with Crippen molar-refractivity contribution in [2.45, 2.75) is 38.2 Å². The second-order valence-electron chi connectivity index (χ2n) is 4.19. The molecule has 0 aliphatic carbocycles. The Morgan fingerprint density at radius 3 is 2.79 bits per heavy atom. The summed E-state index contributed by atoms with van der Waals surface area (Å²) in [5.74, 6) is -0.738. The Morgan fingerprint density at radius 1 is 1.43 bits per heavy atom. The van der Waals surface area contributed by atoms with E-state index in [0.717, 1.165) is 25.9 Å². The van der Waals surface area contributed by atoms with E-state index in [9.17, 15) is 4.57 Å². The summed E-state index contributed by atoms with van der Waals surface area (Å²) in [5.41, 5.74) is -0.626. The lowest BCUT2D eigenvalue weighted by Crippen LogP contribution is -2.54. The van der Waals surface area contributed by atoms with Crippen LogP contribution in [0.25, 0.3) is 0 Å². The molecule has 4 aliphatic heterocycles. The molecule has 0 N–H and O–H groups in total. The fraction of sp³-hybridized carbons (Fsp3) is 1.00. The van der Waals surface area contributed by atoms with Gasteiger partial charge in [0.15, 0.2) is 5.72 Å². The highest BCUT2D eigenvalue weighted by atomic mass is 31.2. The summed E-state index contributed by atoms with van der Waals surface area (Å²) in [5, 5.41) is 0. The SMILES string of the molecule is CCCN1CCC23OP(=O)(O2)OC13C. The molecule has 0 radical (unpaired) electrons. The summed E-state index contributed by atoms with van der Waals surface area (Å²) in [7, 11) is -3.15. The largest absolute Gasteiger partial charge is 0.482 e. The number of phosphoric acid groups is 1. The zero-order valence-corrected chi connectivity index (χ0v) is 9.25. The van der Waals surface area contributed by atoms with Crippen LogP contribution in [0.15, 0.2) is 0 Å². The number of nitrogens with zero attached hydrogens (tertiary/aromatic N) is 1. The highest BCUT2D eigenvalue weighted by Crippen LogP contribution is 2.80. The Kier molecular flexibility index (Phi) is 1.61.